The van der Waals surface area contributed by atoms with Crippen LogP contribution in [0.15, 0.2) is 22.0 Å². The number of carboxylic acid groups (broad SMARTS) is 1. The molecule has 2 heterocycles. The van der Waals surface area contributed by atoms with Crippen LogP contribution >= 0.6 is 0 Å². The Kier molecular flexibility index (Phi) is 5.18. The zero-order valence-corrected chi connectivity index (χ0v) is 15.0. The maximum atomic E-state index is 12.5. The second kappa shape index (κ2) is 7.55. The van der Waals surface area contributed by atoms with Gasteiger partial charge in [-0.15, -0.1) is 0 Å². The van der Waals surface area contributed by atoms with Crippen LogP contribution in [0.2, 0.25) is 0 Å². The highest BCUT2D eigenvalue weighted by Crippen LogP contribution is 2.39. The second-order valence-corrected chi connectivity index (χ2v) is 6.36. The molecule has 0 saturated carbocycles. The number of aromatic carboxylic acids is 1. The van der Waals surface area contributed by atoms with Gasteiger partial charge in [-0.05, 0) is 30.9 Å². The Hall–Kier alpha value is -3.26. The van der Waals surface area contributed by atoms with E-state index >= 15 is 0 Å². The molecule has 0 saturated heterocycles. The van der Waals surface area contributed by atoms with E-state index in [1.165, 1.54) is 10.7 Å². The number of hydrogen-bond acceptors (Lipinski definition) is 6. The third-order valence-electron chi connectivity index (χ3n) is 4.42. The van der Waals surface area contributed by atoms with Crippen molar-refractivity contribution >= 4 is 16.9 Å². The smallest absolute Gasteiger partial charge is 0.360 e. The van der Waals surface area contributed by atoms with Crippen LogP contribution in [0.3, 0.4) is 0 Å². The van der Waals surface area contributed by atoms with Gasteiger partial charge in [-0.2, -0.15) is 5.10 Å². The van der Waals surface area contributed by atoms with Crippen molar-refractivity contribution in [2.45, 2.75) is 39.5 Å². The zero-order valence-electron chi connectivity index (χ0n) is 15.0. The van der Waals surface area contributed by atoms with Crippen molar-refractivity contribution in [3.8, 4) is 11.5 Å². The quantitative estimate of drug-likeness (QED) is 0.449. The number of aromatic nitrogens is 2. The molecule has 0 aliphatic carbocycles. The van der Waals surface area contributed by atoms with Crippen LogP contribution in [-0.2, 0) is 6.54 Å². The first-order valence-electron chi connectivity index (χ1n) is 8.61. The summed E-state index contributed by atoms with van der Waals surface area (Å²) in [5, 5.41) is 16.9. The lowest BCUT2D eigenvalue weighted by molar-refractivity contribution is 0.0284. The summed E-state index contributed by atoms with van der Waals surface area (Å²) >= 11 is 0. The lowest BCUT2D eigenvalue weighted by Gasteiger charge is -2.15. The van der Waals surface area contributed by atoms with Gasteiger partial charge in [0.1, 0.15) is 0 Å². The molecule has 1 aromatic carbocycles. The van der Waals surface area contributed by atoms with E-state index in [1.807, 2.05) is 6.92 Å². The van der Waals surface area contributed by atoms with E-state index in [-0.39, 0.29) is 11.3 Å². The van der Waals surface area contributed by atoms with Crippen molar-refractivity contribution in [2.24, 2.45) is 11.0 Å². The summed E-state index contributed by atoms with van der Waals surface area (Å²) in [6.45, 7) is 4.61. The summed E-state index contributed by atoms with van der Waals surface area (Å²) in [5.74, 6) is -0.271. The minimum Gasteiger partial charge on any atom is -0.476 e. The molecule has 27 heavy (non-hydrogen) atoms. The van der Waals surface area contributed by atoms with Crippen molar-refractivity contribution < 1.29 is 19.4 Å². The minimum absolute atomic E-state index is 0.208. The van der Waals surface area contributed by atoms with E-state index in [4.69, 9.17) is 15.0 Å². The van der Waals surface area contributed by atoms with Crippen molar-refractivity contribution in [1.29, 1.82) is 0 Å². The zero-order chi connectivity index (χ0) is 19.6. The molecule has 10 nitrogen and oxygen atoms in total. The topological polar surface area (TPSA) is 139 Å². The standard InChI is InChI=1S/C17H19N5O5/c1-3-22-11-8-13-12(7-10(11)16(23)15(20-22)17(24)25)26-14(27-13)6-9(2)4-5-19-21-18/h7-9,14H,3-6H2,1-2H3,(H,24,25). The number of azide groups is 1. The monoisotopic (exact) mass is 373 g/mol. The molecule has 3 rings (SSSR count). The summed E-state index contributed by atoms with van der Waals surface area (Å²) in [7, 11) is 0. The summed E-state index contributed by atoms with van der Waals surface area (Å²) in [4.78, 5) is 26.5. The number of benzene rings is 1. The molecule has 0 spiro atoms. The Bertz CT molecular complexity index is 995. The molecule has 0 radical (unpaired) electrons. The van der Waals surface area contributed by atoms with E-state index in [0.29, 0.717) is 42.9 Å². The van der Waals surface area contributed by atoms with Gasteiger partial charge in [0.05, 0.1) is 10.9 Å². The molecular formula is C17H19N5O5. The van der Waals surface area contributed by atoms with Crippen molar-refractivity contribution in [2.75, 3.05) is 6.54 Å². The van der Waals surface area contributed by atoms with Crippen molar-refractivity contribution in [1.82, 2.24) is 9.78 Å². The fourth-order valence-electron chi connectivity index (χ4n) is 3.03. The lowest BCUT2D eigenvalue weighted by atomic mass is 10.0. The summed E-state index contributed by atoms with van der Waals surface area (Å²) in [5.41, 5.74) is 7.65. The highest BCUT2D eigenvalue weighted by Gasteiger charge is 2.28. The van der Waals surface area contributed by atoms with Crippen LogP contribution in [0.1, 0.15) is 37.2 Å². The molecule has 1 aromatic heterocycles. The van der Waals surface area contributed by atoms with Crippen LogP contribution in [-0.4, -0.2) is 33.7 Å². The summed E-state index contributed by atoms with van der Waals surface area (Å²) < 4.78 is 13.1. The molecule has 2 aromatic rings. The highest BCUT2D eigenvalue weighted by atomic mass is 16.7. The SMILES string of the molecule is CCn1nc(C(=O)O)c(=O)c2cc3c(cc21)OC(CC(C)CCN=[N+]=[N-])O3. The number of aryl methyl sites for hydroxylation is 1. The summed E-state index contributed by atoms with van der Waals surface area (Å²) in [6, 6.07) is 3.16. The van der Waals surface area contributed by atoms with E-state index in [9.17, 15) is 14.7 Å². The lowest BCUT2D eigenvalue weighted by Crippen LogP contribution is -2.22. The second-order valence-electron chi connectivity index (χ2n) is 6.36. The number of hydrogen-bond donors (Lipinski definition) is 1. The molecule has 0 bridgehead atoms. The van der Waals surface area contributed by atoms with Crippen LogP contribution in [0.25, 0.3) is 21.3 Å². The fourth-order valence-corrected chi connectivity index (χ4v) is 3.03. The Balaban J connectivity index is 1.90. The Morgan fingerprint density at radius 2 is 2.15 bits per heavy atom. The number of fused-ring (bicyclic) bond motifs is 2. The fraction of sp³-hybridized carbons (Fsp3) is 0.471. The molecule has 1 N–H and O–H groups in total. The van der Waals surface area contributed by atoms with Crippen LogP contribution in [0, 0.1) is 5.92 Å². The van der Waals surface area contributed by atoms with Gasteiger partial charge in [-0.1, -0.05) is 12.0 Å². The minimum atomic E-state index is -1.37. The van der Waals surface area contributed by atoms with Gasteiger partial charge >= 0.3 is 5.97 Å². The molecule has 10 heteroatoms. The van der Waals surface area contributed by atoms with Crippen LogP contribution < -0.4 is 14.9 Å². The van der Waals surface area contributed by atoms with E-state index in [0.717, 1.165) is 0 Å². The van der Waals surface area contributed by atoms with Gasteiger partial charge in [-0.25, -0.2) is 4.79 Å². The van der Waals surface area contributed by atoms with E-state index < -0.39 is 23.4 Å². The number of ether oxygens (including phenoxy) is 2. The third-order valence-corrected chi connectivity index (χ3v) is 4.42. The van der Waals surface area contributed by atoms with Gasteiger partial charge in [0, 0.05) is 30.5 Å². The maximum absolute atomic E-state index is 12.5. The highest BCUT2D eigenvalue weighted by molar-refractivity contribution is 5.91. The third kappa shape index (κ3) is 3.65. The predicted molar refractivity (Wildman–Crippen MR) is 96.1 cm³/mol. The number of carboxylic acids is 1. The Morgan fingerprint density at radius 1 is 1.44 bits per heavy atom. The predicted octanol–water partition coefficient (Wildman–Crippen LogP) is 2.94. The first kappa shape index (κ1) is 18.5. The molecule has 1 aliphatic rings. The van der Waals surface area contributed by atoms with Crippen molar-refractivity contribution in [3.05, 3.63) is 38.5 Å². The molecule has 0 fully saturated rings. The summed E-state index contributed by atoms with van der Waals surface area (Å²) in [6.07, 6.45) is 0.774. The van der Waals surface area contributed by atoms with Gasteiger partial charge in [0.15, 0.2) is 11.5 Å². The number of carbonyl (C=O) groups is 1. The average Bonchev–Trinajstić information content (AvgIpc) is 3.01. The maximum Gasteiger partial charge on any atom is 0.360 e. The number of rotatable bonds is 7. The van der Waals surface area contributed by atoms with Crippen LogP contribution in [0.4, 0.5) is 0 Å². The Labute approximate surface area is 153 Å². The van der Waals surface area contributed by atoms with Crippen molar-refractivity contribution in [3.63, 3.8) is 0 Å². The molecule has 2 atom stereocenters. The normalized spacial score (nSPS) is 16.1. The first-order chi connectivity index (χ1) is 12.9. The molecular weight excluding hydrogens is 354 g/mol. The Morgan fingerprint density at radius 3 is 2.78 bits per heavy atom. The van der Waals surface area contributed by atoms with E-state index in [1.54, 1.807) is 13.0 Å². The van der Waals surface area contributed by atoms with Gasteiger partial charge in [0.25, 0.3) is 0 Å². The van der Waals surface area contributed by atoms with Gasteiger partial charge < -0.3 is 14.6 Å². The first-order valence-corrected chi connectivity index (χ1v) is 8.61. The largest absolute Gasteiger partial charge is 0.476 e. The molecule has 1 aliphatic heterocycles. The van der Waals surface area contributed by atoms with Gasteiger partial charge in [0.2, 0.25) is 17.4 Å². The van der Waals surface area contributed by atoms with Gasteiger partial charge in [-0.3, -0.25) is 9.48 Å². The average molecular weight is 373 g/mol. The van der Waals surface area contributed by atoms with Crippen LogP contribution in [0.5, 0.6) is 11.5 Å². The number of nitrogens with zero attached hydrogens (tertiary/aromatic N) is 5. The molecule has 0 amide bonds. The molecule has 142 valence electrons. The van der Waals surface area contributed by atoms with E-state index in [2.05, 4.69) is 15.1 Å². The molecule has 2 unspecified atom stereocenters.